The highest BCUT2D eigenvalue weighted by atomic mass is 16.7. The third-order valence-electron chi connectivity index (χ3n) is 2.32. The molecule has 18 heavy (non-hydrogen) atoms. The maximum absolute atomic E-state index is 5.22. The Bertz CT molecular complexity index is 619. The monoisotopic (exact) mass is 243 g/mol. The molecule has 0 amide bonds. The Morgan fingerprint density at radius 1 is 1.28 bits per heavy atom. The SMILES string of the molecule is C(=NOc1ncnc2ccccc12)C1=COCO1. The molecule has 0 atom stereocenters. The average molecular weight is 243 g/mol. The van der Waals surface area contributed by atoms with Gasteiger partial charge in [-0.1, -0.05) is 17.3 Å². The third-order valence-corrected chi connectivity index (χ3v) is 2.32. The van der Waals surface area contributed by atoms with Crippen molar-refractivity contribution in [1.82, 2.24) is 9.97 Å². The van der Waals surface area contributed by atoms with Gasteiger partial charge in [0.25, 0.3) is 5.88 Å². The number of aromatic nitrogens is 2. The molecule has 0 aliphatic carbocycles. The quantitative estimate of drug-likeness (QED) is 0.607. The van der Waals surface area contributed by atoms with Crippen LogP contribution in [-0.2, 0) is 9.47 Å². The summed E-state index contributed by atoms with van der Waals surface area (Å²) in [6.07, 6.45) is 4.32. The van der Waals surface area contributed by atoms with Crippen LogP contribution in [0.5, 0.6) is 5.88 Å². The van der Waals surface area contributed by atoms with E-state index in [4.69, 9.17) is 14.3 Å². The molecule has 2 heterocycles. The fourth-order valence-electron chi connectivity index (χ4n) is 1.50. The van der Waals surface area contributed by atoms with Gasteiger partial charge in [0.2, 0.25) is 6.79 Å². The molecule has 0 radical (unpaired) electrons. The van der Waals surface area contributed by atoms with Crippen LogP contribution >= 0.6 is 0 Å². The molecule has 3 rings (SSSR count). The van der Waals surface area contributed by atoms with Crippen molar-refractivity contribution in [2.45, 2.75) is 0 Å². The summed E-state index contributed by atoms with van der Waals surface area (Å²) in [4.78, 5) is 13.4. The van der Waals surface area contributed by atoms with E-state index in [1.807, 2.05) is 24.3 Å². The Morgan fingerprint density at radius 2 is 2.22 bits per heavy atom. The smallest absolute Gasteiger partial charge is 0.259 e. The molecule has 6 nitrogen and oxygen atoms in total. The first-order chi connectivity index (χ1) is 8.93. The van der Waals surface area contributed by atoms with Gasteiger partial charge in [-0.05, 0) is 12.1 Å². The molecule has 0 fully saturated rings. The van der Waals surface area contributed by atoms with E-state index in [9.17, 15) is 0 Å². The number of oxime groups is 1. The highest BCUT2D eigenvalue weighted by Gasteiger charge is 2.05. The van der Waals surface area contributed by atoms with Gasteiger partial charge in [-0.2, -0.15) is 4.98 Å². The summed E-state index contributed by atoms with van der Waals surface area (Å²) in [5.41, 5.74) is 0.803. The first-order valence-corrected chi connectivity index (χ1v) is 5.28. The third kappa shape index (κ3) is 2.08. The first kappa shape index (κ1) is 10.5. The zero-order chi connectivity index (χ0) is 12.2. The summed E-state index contributed by atoms with van der Waals surface area (Å²) in [7, 11) is 0. The molecule has 2 aromatic rings. The van der Waals surface area contributed by atoms with Crippen molar-refractivity contribution >= 4 is 17.1 Å². The highest BCUT2D eigenvalue weighted by Crippen LogP contribution is 2.20. The van der Waals surface area contributed by atoms with Crippen molar-refractivity contribution in [3.63, 3.8) is 0 Å². The van der Waals surface area contributed by atoms with Crippen LogP contribution in [-0.4, -0.2) is 23.0 Å². The summed E-state index contributed by atoms with van der Waals surface area (Å²) < 4.78 is 9.93. The van der Waals surface area contributed by atoms with Gasteiger partial charge >= 0.3 is 0 Å². The van der Waals surface area contributed by atoms with Gasteiger partial charge in [-0.3, -0.25) is 0 Å². The number of rotatable bonds is 3. The number of hydrogen-bond donors (Lipinski definition) is 0. The van der Waals surface area contributed by atoms with Crippen LogP contribution in [0.1, 0.15) is 0 Å². The molecule has 0 saturated heterocycles. The zero-order valence-corrected chi connectivity index (χ0v) is 9.31. The molecule has 1 aromatic carbocycles. The fraction of sp³-hybridized carbons (Fsp3) is 0.0833. The van der Waals surface area contributed by atoms with E-state index in [-0.39, 0.29) is 6.79 Å². The van der Waals surface area contributed by atoms with E-state index in [1.165, 1.54) is 18.8 Å². The number of hydrogen-bond acceptors (Lipinski definition) is 6. The Kier molecular flexibility index (Phi) is 2.75. The summed E-state index contributed by atoms with van der Waals surface area (Å²) >= 11 is 0. The summed E-state index contributed by atoms with van der Waals surface area (Å²) in [6, 6.07) is 7.54. The van der Waals surface area contributed by atoms with Crippen molar-refractivity contribution in [3.8, 4) is 5.88 Å². The van der Waals surface area contributed by atoms with Crippen LogP contribution in [0.3, 0.4) is 0 Å². The van der Waals surface area contributed by atoms with Crippen LogP contribution in [0.4, 0.5) is 0 Å². The van der Waals surface area contributed by atoms with E-state index in [1.54, 1.807) is 0 Å². The molecule has 1 aliphatic rings. The van der Waals surface area contributed by atoms with Gasteiger partial charge in [0.1, 0.15) is 18.8 Å². The minimum atomic E-state index is 0.206. The zero-order valence-electron chi connectivity index (χ0n) is 9.31. The Hall–Kier alpha value is -2.63. The van der Waals surface area contributed by atoms with E-state index in [2.05, 4.69) is 15.1 Å². The lowest BCUT2D eigenvalue weighted by Crippen LogP contribution is -1.93. The molecule has 0 bridgehead atoms. The summed E-state index contributed by atoms with van der Waals surface area (Å²) in [5, 5.41) is 4.59. The first-order valence-electron chi connectivity index (χ1n) is 5.28. The summed E-state index contributed by atoms with van der Waals surface area (Å²) in [5.74, 6) is 0.907. The van der Waals surface area contributed by atoms with E-state index in [0.29, 0.717) is 11.6 Å². The van der Waals surface area contributed by atoms with Gasteiger partial charge < -0.3 is 14.3 Å². The molecule has 0 unspecified atom stereocenters. The predicted octanol–water partition coefficient (Wildman–Crippen LogP) is 1.84. The molecule has 1 aromatic heterocycles. The lowest BCUT2D eigenvalue weighted by Gasteiger charge is -2.01. The average Bonchev–Trinajstić information content (AvgIpc) is 2.92. The lowest BCUT2D eigenvalue weighted by molar-refractivity contribution is 0.0867. The maximum atomic E-state index is 5.22. The van der Waals surface area contributed by atoms with Crippen LogP contribution in [0, 0.1) is 0 Å². The van der Waals surface area contributed by atoms with Gasteiger partial charge in [0.15, 0.2) is 5.76 Å². The second-order valence-electron chi connectivity index (χ2n) is 3.47. The molecular formula is C12H9N3O3. The molecule has 1 aliphatic heterocycles. The van der Waals surface area contributed by atoms with Gasteiger partial charge in [0, 0.05) is 0 Å². The fourth-order valence-corrected chi connectivity index (χ4v) is 1.50. The maximum Gasteiger partial charge on any atom is 0.259 e. The van der Waals surface area contributed by atoms with Crippen molar-refractivity contribution in [3.05, 3.63) is 42.6 Å². The minimum Gasteiger partial charge on any atom is -0.461 e. The second-order valence-corrected chi connectivity index (χ2v) is 3.47. The van der Waals surface area contributed by atoms with Crippen molar-refractivity contribution in [1.29, 1.82) is 0 Å². The summed E-state index contributed by atoms with van der Waals surface area (Å²) in [6.45, 7) is 0.206. The second kappa shape index (κ2) is 4.70. The molecule has 0 saturated carbocycles. The Morgan fingerprint density at radius 3 is 3.11 bits per heavy atom. The highest BCUT2D eigenvalue weighted by molar-refractivity contribution is 5.83. The predicted molar refractivity (Wildman–Crippen MR) is 63.8 cm³/mol. The van der Waals surface area contributed by atoms with Crippen molar-refractivity contribution in [2.24, 2.45) is 5.16 Å². The standard InChI is InChI=1S/C12H9N3O3/c1-2-4-11-10(3-1)12(14-7-13-11)18-15-5-9-6-16-8-17-9/h1-7H,8H2. The number of nitrogens with zero attached hydrogens (tertiary/aromatic N) is 3. The van der Waals surface area contributed by atoms with Crippen LogP contribution in [0.25, 0.3) is 10.9 Å². The molecule has 6 heteroatoms. The van der Waals surface area contributed by atoms with Crippen LogP contribution in [0.2, 0.25) is 0 Å². The van der Waals surface area contributed by atoms with Gasteiger partial charge in [-0.15, -0.1) is 0 Å². The minimum absolute atomic E-state index is 0.206. The topological polar surface area (TPSA) is 65.8 Å². The van der Waals surface area contributed by atoms with E-state index in [0.717, 1.165) is 10.9 Å². The molecule has 0 N–H and O–H groups in total. The number of para-hydroxylation sites is 1. The van der Waals surface area contributed by atoms with E-state index < -0.39 is 0 Å². The Balaban J connectivity index is 1.82. The Labute approximate surface area is 103 Å². The van der Waals surface area contributed by atoms with Crippen molar-refractivity contribution < 1.29 is 14.3 Å². The number of allylic oxidation sites excluding steroid dienone is 1. The molecular weight excluding hydrogens is 234 g/mol. The largest absolute Gasteiger partial charge is 0.461 e. The normalized spacial score (nSPS) is 14.3. The number of ether oxygens (including phenoxy) is 2. The van der Waals surface area contributed by atoms with Crippen LogP contribution < -0.4 is 4.84 Å². The molecule has 90 valence electrons. The molecule has 0 spiro atoms. The number of fused-ring (bicyclic) bond motifs is 1. The van der Waals surface area contributed by atoms with Crippen LogP contribution in [0.15, 0.2) is 47.8 Å². The van der Waals surface area contributed by atoms with E-state index >= 15 is 0 Å². The van der Waals surface area contributed by atoms with Gasteiger partial charge in [0.05, 0.1) is 10.9 Å². The lowest BCUT2D eigenvalue weighted by atomic mass is 10.2. The van der Waals surface area contributed by atoms with Crippen molar-refractivity contribution in [2.75, 3.05) is 6.79 Å². The van der Waals surface area contributed by atoms with Gasteiger partial charge in [-0.25, -0.2) is 4.98 Å². The number of benzene rings is 1.